The van der Waals surface area contributed by atoms with E-state index in [1.165, 1.54) is 0 Å². The van der Waals surface area contributed by atoms with E-state index in [1.807, 2.05) is 6.92 Å². The molecule has 11 heavy (non-hydrogen) atoms. The number of hydrogen-bond donors (Lipinski definition) is 3. The van der Waals surface area contributed by atoms with Crippen LogP contribution in [0.2, 0.25) is 0 Å². The minimum absolute atomic E-state index is 0.202. The lowest BCUT2D eigenvalue weighted by atomic mass is 10.2. The van der Waals surface area contributed by atoms with E-state index in [1.54, 1.807) is 14.1 Å². The van der Waals surface area contributed by atoms with Crippen molar-refractivity contribution in [3.8, 4) is 0 Å². The third-order valence-electron chi connectivity index (χ3n) is 1.39. The van der Waals surface area contributed by atoms with Gasteiger partial charge in [0.2, 0.25) is 0 Å². The number of nitrogens with zero attached hydrogens (tertiary/aromatic N) is 1. The summed E-state index contributed by atoms with van der Waals surface area (Å²) >= 11 is 0. The Hall–Kier alpha value is -0.770. The molecule has 0 spiro atoms. The fourth-order valence-electron chi connectivity index (χ4n) is 0.615. The lowest BCUT2D eigenvalue weighted by molar-refractivity contribution is 0.238. The summed E-state index contributed by atoms with van der Waals surface area (Å²) < 4.78 is 0. The number of rotatable bonds is 3. The molecule has 0 amide bonds. The van der Waals surface area contributed by atoms with E-state index < -0.39 is 0 Å². The van der Waals surface area contributed by atoms with Crippen molar-refractivity contribution in [2.75, 3.05) is 27.2 Å². The second kappa shape index (κ2) is 5.97. The maximum absolute atomic E-state index is 8.69. The highest BCUT2D eigenvalue weighted by atomic mass is 16.3. The molecule has 0 aliphatic rings. The Morgan fingerprint density at radius 2 is 2.27 bits per heavy atom. The van der Waals surface area contributed by atoms with Crippen LogP contribution in [0.25, 0.3) is 0 Å². The molecule has 1 atom stereocenters. The van der Waals surface area contributed by atoms with E-state index in [0.29, 0.717) is 0 Å². The monoisotopic (exact) mass is 159 g/mol. The predicted molar refractivity (Wildman–Crippen MR) is 46.7 cm³/mol. The van der Waals surface area contributed by atoms with Crippen molar-refractivity contribution in [3.05, 3.63) is 0 Å². The van der Waals surface area contributed by atoms with Gasteiger partial charge in [-0.15, -0.1) is 0 Å². The Kier molecular flexibility index (Phi) is 5.56. The van der Waals surface area contributed by atoms with Gasteiger partial charge in [0, 0.05) is 27.2 Å². The van der Waals surface area contributed by atoms with E-state index >= 15 is 0 Å². The van der Waals surface area contributed by atoms with Crippen LogP contribution in [0.1, 0.15) is 6.92 Å². The average molecular weight is 159 g/mol. The number of aliphatic hydroxyl groups excluding tert-OH is 1. The Bertz CT molecular complexity index is 125. The number of guanidine groups is 1. The largest absolute Gasteiger partial charge is 0.396 e. The molecule has 0 aromatic heterocycles. The Morgan fingerprint density at radius 3 is 2.64 bits per heavy atom. The molecule has 0 saturated carbocycles. The van der Waals surface area contributed by atoms with Crippen LogP contribution < -0.4 is 10.6 Å². The predicted octanol–water partition coefficient (Wildman–Crippen LogP) is -0.590. The summed E-state index contributed by atoms with van der Waals surface area (Å²) in [6, 6.07) is 0. The second-order valence-corrected chi connectivity index (χ2v) is 2.49. The molecule has 0 heterocycles. The first-order valence-electron chi connectivity index (χ1n) is 3.73. The van der Waals surface area contributed by atoms with Crippen LogP contribution in [0.5, 0.6) is 0 Å². The number of hydrogen-bond acceptors (Lipinski definition) is 2. The fraction of sp³-hybridized carbons (Fsp3) is 0.857. The van der Waals surface area contributed by atoms with Crippen molar-refractivity contribution >= 4 is 5.96 Å². The van der Waals surface area contributed by atoms with Gasteiger partial charge in [0.05, 0.1) is 0 Å². The van der Waals surface area contributed by atoms with Gasteiger partial charge in [-0.2, -0.15) is 0 Å². The molecular weight excluding hydrogens is 142 g/mol. The standard InChI is InChI=1S/C7H17N3O/c1-6(5-11)4-10-7(8-2)9-3/h6,11H,4-5H2,1-3H3,(H2,8,9,10). The van der Waals surface area contributed by atoms with Crippen LogP contribution in [-0.2, 0) is 0 Å². The van der Waals surface area contributed by atoms with Crippen molar-refractivity contribution in [1.29, 1.82) is 0 Å². The maximum atomic E-state index is 8.69. The number of nitrogens with one attached hydrogen (secondary N) is 2. The van der Waals surface area contributed by atoms with Crippen LogP contribution in [-0.4, -0.2) is 38.3 Å². The van der Waals surface area contributed by atoms with Gasteiger partial charge in [-0.25, -0.2) is 0 Å². The van der Waals surface area contributed by atoms with Gasteiger partial charge < -0.3 is 15.7 Å². The smallest absolute Gasteiger partial charge is 0.190 e. The minimum atomic E-state index is 0.202. The molecule has 0 aromatic rings. The summed E-state index contributed by atoms with van der Waals surface area (Å²) in [4.78, 5) is 3.93. The summed E-state index contributed by atoms with van der Waals surface area (Å²) in [5.41, 5.74) is 0. The van der Waals surface area contributed by atoms with Gasteiger partial charge in [0.1, 0.15) is 0 Å². The molecule has 4 nitrogen and oxygen atoms in total. The molecule has 3 N–H and O–H groups in total. The normalized spacial score (nSPS) is 14.4. The van der Waals surface area contributed by atoms with Gasteiger partial charge in [0.15, 0.2) is 5.96 Å². The third-order valence-corrected chi connectivity index (χ3v) is 1.39. The van der Waals surface area contributed by atoms with E-state index in [2.05, 4.69) is 15.6 Å². The Labute approximate surface area is 67.7 Å². The van der Waals surface area contributed by atoms with Crippen LogP contribution in [0.4, 0.5) is 0 Å². The zero-order chi connectivity index (χ0) is 8.69. The van der Waals surface area contributed by atoms with Gasteiger partial charge >= 0.3 is 0 Å². The van der Waals surface area contributed by atoms with Gasteiger partial charge in [0.25, 0.3) is 0 Å². The lowest BCUT2D eigenvalue weighted by Crippen LogP contribution is -2.37. The van der Waals surface area contributed by atoms with E-state index in [-0.39, 0.29) is 12.5 Å². The van der Waals surface area contributed by atoms with Gasteiger partial charge in [-0.05, 0) is 5.92 Å². The SMILES string of the molecule is CN=C(NC)NCC(C)CO. The minimum Gasteiger partial charge on any atom is -0.396 e. The Balaban J connectivity index is 3.51. The van der Waals surface area contributed by atoms with E-state index in [0.717, 1.165) is 12.5 Å². The van der Waals surface area contributed by atoms with Crippen LogP contribution >= 0.6 is 0 Å². The highest BCUT2D eigenvalue weighted by molar-refractivity contribution is 5.79. The summed E-state index contributed by atoms with van der Waals surface area (Å²) in [6.07, 6.45) is 0. The van der Waals surface area contributed by atoms with Crippen LogP contribution in [0.3, 0.4) is 0 Å². The molecule has 0 rings (SSSR count). The first-order valence-corrected chi connectivity index (χ1v) is 3.73. The van der Waals surface area contributed by atoms with Crippen molar-refractivity contribution in [2.45, 2.75) is 6.92 Å². The first-order chi connectivity index (χ1) is 5.24. The van der Waals surface area contributed by atoms with Crippen LogP contribution in [0, 0.1) is 5.92 Å². The molecule has 4 heteroatoms. The summed E-state index contributed by atoms with van der Waals surface area (Å²) in [5, 5.41) is 14.6. The van der Waals surface area contributed by atoms with Gasteiger partial charge in [-0.3, -0.25) is 4.99 Å². The zero-order valence-electron chi connectivity index (χ0n) is 7.39. The third kappa shape index (κ3) is 4.61. The molecule has 0 aliphatic heterocycles. The maximum Gasteiger partial charge on any atom is 0.190 e. The Morgan fingerprint density at radius 1 is 1.64 bits per heavy atom. The highest BCUT2D eigenvalue weighted by Gasteiger charge is 1.99. The summed E-state index contributed by atoms with van der Waals surface area (Å²) in [6.45, 7) is 2.91. The quantitative estimate of drug-likeness (QED) is 0.381. The highest BCUT2D eigenvalue weighted by Crippen LogP contribution is 1.87. The molecule has 66 valence electrons. The second-order valence-electron chi connectivity index (χ2n) is 2.49. The zero-order valence-corrected chi connectivity index (χ0v) is 7.39. The van der Waals surface area contributed by atoms with Crippen molar-refractivity contribution in [2.24, 2.45) is 10.9 Å². The molecule has 0 bridgehead atoms. The molecule has 0 saturated heterocycles. The topological polar surface area (TPSA) is 56.7 Å². The number of aliphatic imine (C=N–C) groups is 1. The molecule has 1 unspecified atom stereocenters. The molecule has 0 radical (unpaired) electrons. The molecule has 0 fully saturated rings. The lowest BCUT2D eigenvalue weighted by Gasteiger charge is -2.11. The summed E-state index contributed by atoms with van der Waals surface area (Å²) in [7, 11) is 3.52. The van der Waals surface area contributed by atoms with Gasteiger partial charge in [-0.1, -0.05) is 6.92 Å². The van der Waals surface area contributed by atoms with Crippen molar-refractivity contribution in [1.82, 2.24) is 10.6 Å². The molecule has 0 aliphatic carbocycles. The van der Waals surface area contributed by atoms with Crippen molar-refractivity contribution < 1.29 is 5.11 Å². The first kappa shape index (κ1) is 10.2. The van der Waals surface area contributed by atoms with E-state index in [9.17, 15) is 0 Å². The fourth-order valence-corrected chi connectivity index (χ4v) is 0.615. The number of aliphatic hydroxyl groups is 1. The average Bonchev–Trinajstić information content (AvgIpc) is 2.06. The van der Waals surface area contributed by atoms with E-state index in [4.69, 9.17) is 5.11 Å². The van der Waals surface area contributed by atoms with Crippen molar-refractivity contribution in [3.63, 3.8) is 0 Å². The van der Waals surface area contributed by atoms with Crippen LogP contribution in [0.15, 0.2) is 4.99 Å². The summed E-state index contributed by atoms with van der Waals surface area (Å²) in [5.74, 6) is 1.02. The molecular formula is C7H17N3O. The molecule has 0 aromatic carbocycles.